The molecule has 1 saturated heterocycles. The molecule has 4 heteroatoms. The summed E-state index contributed by atoms with van der Waals surface area (Å²) >= 11 is 0. The van der Waals surface area contributed by atoms with Crippen LogP contribution in [-0.2, 0) is 23.2 Å². The Labute approximate surface area is 164 Å². The number of benzene rings is 2. The number of methoxy groups -OCH3 is 1. The van der Waals surface area contributed by atoms with Crippen LogP contribution in [0.3, 0.4) is 0 Å². The van der Waals surface area contributed by atoms with Crippen molar-refractivity contribution in [3.8, 4) is 11.5 Å². The molecular weight excluding hydrogens is 350 g/mol. The minimum Gasteiger partial charge on any atom is -0.497 e. The Morgan fingerprint density at radius 1 is 1.14 bits per heavy atom. The third-order valence-electron chi connectivity index (χ3n) is 6.72. The lowest BCUT2D eigenvalue weighted by atomic mass is 9.58. The van der Waals surface area contributed by atoms with E-state index in [0.29, 0.717) is 12.6 Å². The first-order valence-electron chi connectivity index (χ1n) is 10.0. The molecule has 2 aliphatic carbocycles. The molecule has 6 rings (SSSR count). The summed E-state index contributed by atoms with van der Waals surface area (Å²) in [7, 11) is 1.74. The van der Waals surface area contributed by atoms with Gasteiger partial charge in [-0.15, -0.1) is 0 Å². The summed E-state index contributed by atoms with van der Waals surface area (Å²) in [5.74, 6) is 2.65. The number of piperidine rings is 1. The quantitative estimate of drug-likeness (QED) is 0.888. The van der Waals surface area contributed by atoms with Crippen LogP contribution in [0.25, 0.3) is 0 Å². The average molecular weight is 373 g/mol. The maximum Gasteiger partial charge on any atom is 0.169 e. The van der Waals surface area contributed by atoms with Crippen LogP contribution in [0.1, 0.15) is 23.1 Å². The largest absolute Gasteiger partial charge is 0.497 e. The summed E-state index contributed by atoms with van der Waals surface area (Å²) < 4.78 is 18.6. The van der Waals surface area contributed by atoms with E-state index >= 15 is 0 Å². The summed E-state index contributed by atoms with van der Waals surface area (Å²) in [5, 5.41) is 3.70. The molecule has 2 aromatic carbocycles. The lowest BCUT2D eigenvalue weighted by molar-refractivity contribution is 0.0990. The van der Waals surface area contributed by atoms with Gasteiger partial charge in [0.1, 0.15) is 12.4 Å². The normalized spacial score (nSPS) is 28.6. The van der Waals surface area contributed by atoms with Crippen molar-refractivity contribution in [1.82, 2.24) is 5.32 Å². The molecule has 0 aromatic heterocycles. The first kappa shape index (κ1) is 16.3. The van der Waals surface area contributed by atoms with Crippen LogP contribution in [0.4, 0.5) is 0 Å². The number of rotatable bonds is 4. The second kappa shape index (κ2) is 5.89. The molecule has 4 nitrogen and oxygen atoms in total. The van der Waals surface area contributed by atoms with E-state index in [1.54, 1.807) is 7.11 Å². The second-order valence-corrected chi connectivity index (χ2v) is 8.03. The van der Waals surface area contributed by atoms with E-state index in [-0.39, 0.29) is 11.5 Å². The molecule has 2 aromatic rings. The van der Waals surface area contributed by atoms with Crippen LogP contribution in [0.2, 0.25) is 0 Å². The van der Waals surface area contributed by atoms with Crippen molar-refractivity contribution >= 4 is 0 Å². The van der Waals surface area contributed by atoms with Gasteiger partial charge in [0.15, 0.2) is 17.6 Å². The summed E-state index contributed by atoms with van der Waals surface area (Å²) in [6.07, 6.45) is 6.26. The summed E-state index contributed by atoms with van der Waals surface area (Å²) in [5.41, 5.74) is 5.17. The molecule has 0 saturated carbocycles. The molecule has 4 aliphatic rings. The Morgan fingerprint density at radius 2 is 2.04 bits per heavy atom. The van der Waals surface area contributed by atoms with Crippen LogP contribution < -0.4 is 14.8 Å². The SMILES string of the molecule is COC1=CC=C2[C@H]3Cc4ccc(OCc5ccccc5)c5c4C2(CCN3)[C@H]1O5. The van der Waals surface area contributed by atoms with Gasteiger partial charge < -0.3 is 19.5 Å². The Morgan fingerprint density at radius 3 is 2.89 bits per heavy atom. The Balaban J connectivity index is 1.47. The van der Waals surface area contributed by atoms with Gasteiger partial charge in [-0.1, -0.05) is 42.5 Å². The lowest BCUT2D eigenvalue weighted by Gasteiger charge is -2.49. The highest BCUT2D eigenvalue weighted by atomic mass is 16.6. The van der Waals surface area contributed by atoms with E-state index < -0.39 is 0 Å². The standard InChI is InChI=1S/C24H23NO3/c1-26-20-10-8-17-18-13-16-7-9-19(27-14-15-5-3-2-4-6-15)22-21(16)24(17,11-12-25-18)23(20)28-22/h2-10,18,23,25H,11-14H2,1H3/t18-,23+,24?/m1/s1. The summed E-state index contributed by atoms with van der Waals surface area (Å²) in [6, 6.07) is 15.0. The van der Waals surface area contributed by atoms with Gasteiger partial charge >= 0.3 is 0 Å². The van der Waals surface area contributed by atoms with Gasteiger partial charge in [-0.05, 0) is 48.2 Å². The summed E-state index contributed by atoms with van der Waals surface area (Å²) in [4.78, 5) is 0. The number of hydrogen-bond acceptors (Lipinski definition) is 4. The predicted molar refractivity (Wildman–Crippen MR) is 107 cm³/mol. The zero-order chi connectivity index (χ0) is 18.7. The maximum atomic E-state index is 6.61. The third kappa shape index (κ3) is 2.04. The number of nitrogens with one attached hydrogen (secondary N) is 1. The van der Waals surface area contributed by atoms with Gasteiger partial charge in [0.05, 0.1) is 12.5 Å². The fraction of sp³-hybridized carbons (Fsp3) is 0.333. The highest BCUT2D eigenvalue weighted by Gasteiger charge is 2.61. The van der Waals surface area contributed by atoms with Crippen molar-refractivity contribution in [2.45, 2.75) is 37.0 Å². The number of ether oxygens (including phenoxy) is 3. The van der Waals surface area contributed by atoms with E-state index in [2.05, 4.69) is 41.7 Å². The van der Waals surface area contributed by atoms with E-state index in [1.807, 2.05) is 18.2 Å². The molecule has 28 heavy (non-hydrogen) atoms. The average Bonchev–Trinajstić information content (AvgIpc) is 3.07. The van der Waals surface area contributed by atoms with E-state index in [4.69, 9.17) is 14.2 Å². The fourth-order valence-corrected chi connectivity index (χ4v) is 5.54. The van der Waals surface area contributed by atoms with Crippen LogP contribution >= 0.6 is 0 Å². The van der Waals surface area contributed by atoms with E-state index in [1.165, 1.54) is 16.7 Å². The highest BCUT2D eigenvalue weighted by molar-refractivity contribution is 5.67. The van der Waals surface area contributed by atoms with Crippen LogP contribution in [0.15, 0.2) is 65.9 Å². The van der Waals surface area contributed by atoms with Gasteiger partial charge in [0.25, 0.3) is 0 Å². The molecule has 1 unspecified atom stereocenters. The Kier molecular flexibility index (Phi) is 3.42. The molecule has 142 valence electrons. The smallest absolute Gasteiger partial charge is 0.169 e. The van der Waals surface area contributed by atoms with Crippen molar-refractivity contribution < 1.29 is 14.2 Å². The molecule has 2 aliphatic heterocycles. The van der Waals surface area contributed by atoms with Gasteiger partial charge in [0, 0.05) is 11.6 Å². The molecule has 0 radical (unpaired) electrons. The fourth-order valence-electron chi connectivity index (χ4n) is 5.54. The van der Waals surface area contributed by atoms with Crippen molar-refractivity contribution in [3.05, 3.63) is 82.6 Å². The van der Waals surface area contributed by atoms with E-state index in [9.17, 15) is 0 Å². The molecule has 3 atom stereocenters. The van der Waals surface area contributed by atoms with Crippen molar-refractivity contribution in [2.24, 2.45) is 0 Å². The van der Waals surface area contributed by atoms with Crippen molar-refractivity contribution in [2.75, 3.05) is 13.7 Å². The molecule has 2 heterocycles. The van der Waals surface area contributed by atoms with Gasteiger partial charge in [-0.2, -0.15) is 0 Å². The number of hydrogen-bond donors (Lipinski definition) is 1. The van der Waals surface area contributed by atoms with Crippen LogP contribution in [-0.4, -0.2) is 25.8 Å². The third-order valence-corrected chi connectivity index (χ3v) is 6.72. The first-order chi connectivity index (χ1) is 13.8. The van der Waals surface area contributed by atoms with Crippen molar-refractivity contribution in [3.63, 3.8) is 0 Å². The minimum atomic E-state index is -0.120. The van der Waals surface area contributed by atoms with Gasteiger partial charge in [-0.25, -0.2) is 0 Å². The summed E-state index contributed by atoms with van der Waals surface area (Å²) in [6.45, 7) is 1.53. The van der Waals surface area contributed by atoms with Crippen molar-refractivity contribution in [1.29, 1.82) is 0 Å². The minimum absolute atomic E-state index is 0.0994. The molecule has 0 amide bonds. The zero-order valence-corrected chi connectivity index (χ0v) is 15.9. The molecule has 1 fully saturated rings. The van der Waals surface area contributed by atoms with Crippen LogP contribution in [0.5, 0.6) is 11.5 Å². The molecule has 1 spiro atoms. The van der Waals surface area contributed by atoms with Gasteiger partial charge in [0.2, 0.25) is 0 Å². The molecular formula is C24H23NO3. The maximum absolute atomic E-state index is 6.61. The highest BCUT2D eigenvalue weighted by Crippen LogP contribution is 2.61. The van der Waals surface area contributed by atoms with E-state index in [0.717, 1.165) is 42.2 Å². The Bertz CT molecular complexity index is 1010. The zero-order valence-electron chi connectivity index (χ0n) is 15.9. The number of allylic oxidation sites excluding steroid dienone is 2. The Hall–Kier alpha value is -2.72. The second-order valence-electron chi connectivity index (χ2n) is 8.03. The first-order valence-corrected chi connectivity index (χ1v) is 10.0. The lowest BCUT2D eigenvalue weighted by Crippen LogP contribution is -2.58. The topological polar surface area (TPSA) is 39.7 Å². The van der Waals surface area contributed by atoms with Gasteiger partial charge in [-0.3, -0.25) is 0 Å². The monoisotopic (exact) mass is 373 g/mol. The van der Waals surface area contributed by atoms with Crippen LogP contribution in [0, 0.1) is 0 Å². The predicted octanol–water partition coefficient (Wildman–Crippen LogP) is 3.65. The molecule has 2 bridgehead atoms. The molecule has 1 N–H and O–H groups in total.